The highest BCUT2D eigenvalue weighted by atomic mass is 19.1. The molecular weight excluding hydrogens is 345 g/mol. The molecule has 0 aliphatic heterocycles. The van der Waals surface area contributed by atoms with Gasteiger partial charge in [0, 0.05) is 23.4 Å². The lowest BCUT2D eigenvalue weighted by Crippen LogP contribution is -2.23. The molecule has 1 heterocycles. The highest BCUT2D eigenvalue weighted by molar-refractivity contribution is 5.72. The standard InChI is InChI=1S/C22H22FNO3/c1-15-7-8-16(2)24(15)21(22(25)26)13-17-9-11-19(12-10-17)27-14-18-5-3-4-6-20(18)23/h3-12,21H,13-14H2,1-2H3,(H,25,26). The molecule has 1 unspecified atom stereocenters. The maximum Gasteiger partial charge on any atom is 0.327 e. The van der Waals surface area contributed by atoms with E-state index in [0.29, 0.717) is 17.7 Å². The second-order valence-electron chi connectivity index (χ2n) is 6.57. The van der Waals surface area contributed by atoms with Gasteiger partial charge >= 0.3 is 5.97 Å². The third kappa shape index (κ3) is 4.37. The third-order valence-electron chi connectivity index (χ3n) is 4.63. The molecule has 0 radical (unpaired) electrons. The molecule has 4 nitrogen and oxygen atoms in total. The number of rotatable bonds is 7. The van der Waals surface area contributed by atoms with Crippen molar-refractivity contribution in [1.29, 1.82) is 0 Å². The van der Waals surface area contributed by atoms with E-state index in [1.54, 1.807) is 30.3 Å². The van der Waals surface area contributed by atoms with E-state index in [-0.39, 0.29) is 12.4 Å². The highest BCUT2D eigenvalue weighted by Gasteiger charge is 2.22. The first-order valence-corrected chi connectivity index (χ1v) is 8.78. The predicted octanol–water partition coefficient (Wildman–Crippen LogP) is 4.69. The topological polar surface area (TPSA) is 51.5 Å². The molecule has 1 atom stereocenters. The Balaban J connectivity index is 1.69. The summed E-state index contributed by atoms with van der Waals surface area (Å²) >= 11 is 0. The van der Waals surface area contributed by atoms with Gasteiger partial charge in [-0.3, -0.25) is 0 Å². The van der Waals surface area contributed by atoms with Gasteiger partial charge in [-0.1, -0.05) is 30.3 Å². The fourth-order valence-electron chi connectivity index (χ4n) is 3.18. The molecule has 0 aliphatic rings. The monoisotopic (exact) mass is 367 g/mol. The molecule has 1 N–H and O–H groups in total. The number of hydrogen-bond acceptors (Lipinski definition) is 2. The maximum atomic E-state index is 13.6. The first-order chi connectivity index (χ1) is 13.0. The van der Waals surface area contributed by atoms with Crippen LogP contribution in [0.5, 0.6) is 5.75 Å². The van der Waals surface area contributed by atoms with E-state index in [4.69, 9.17) is 4.74 Å². The van der Waals surface area contributed by atoms with Crippen LogP contribution in [-0.4, -0.2) is 15.6 Å². The average Bonchev–Trinajstić information content (AvgIpc) is 2.98. The van der Waals surface area contributed by atoms with Gasteiger partial charge in [0.25, 0.3) is 0 Å². The van der Waals surface area contributed by atoms with Gasteiger partial charge in [-0.05, 0) is 49.7 Å². The number of halogens is 1. The Morgan fingerprint density at radius 2 is 1.67 bits per heavy atom. The molecule has 0 saturated carbocycles. The second-order valence-corrected chi connectivity index (χ2v) is 6.57. The summed E-state index contributed by atoms with van der Waals surface area (Å²) in [6, 6.07) is 16.9. The van der Waals surface area contributed by atoms with Gasteiger partial charge in [-0.15, -0.1) is 0 Å². The summed E-state index contributed by atoms with van der Waals surface area (Å²) in [6.07, 6.45) is 0.374. The van der Waals surface area contributed by atoms with Crippen molar-refractivity contribution < 1.29 is 19.0 Å². The molecular formula is C22H22FNO3. The van der Waals surface area contributed by atoms with Crippen LogP contribution in [0.4, 0.5) is 4.39 Å². The summed E-state index contributed by atoms with van der Waals surface area (Å²) in [7, 11) is 0. The van der Waals surface area contributed by atoms with E-state index < -0.39 is 12.0 Å². The second kappa shape index (κ2) is 8.08. The number of carbonyl (C=O) groups is 1. The third-order valence-corrected chi connectivity index (χ3v) is 4.63. The van der Waals surface area contributed by atoms with Crippen molar-refractivity contribution in [1.82, 2.24) is 4.57 Å². The normalized spacial score (nSPS) is 12.0. The summed E-state index contributed by atoms with van der Waals surface area (Å²) in [4.78, 5) is 11.8. The van der Waals surface area contributed by atoms with Crippen molar-refractivity contribution >= 4 is 5.97 Å². The lowest BCUT2D eigenvalue weighted by Gasteiger charge is -2.19. The van der Waals surface area contributed by atoms with E-state index in [0.717, 1.165) is 17.0 Å². The molecule has 1 aromatic heterocycles. The lowest BCUT2D eigenvalue weighted by atomic mass is 10.1. The van der Waals surface area contributed by atoms with E-state index >= 15 is 0 Å². The minimum Gasteiger partial charge on any atom is -0.489 e. The molecule has 0 amide bonds. The Morgan fingerprint density at radius 3 is 2.26 bits per heavy atom. The largest absolute Gasteiger partial charge is 0.489 e. The molecule has 140 valence electrons. The zero-order chi connectivity index (χ0) is 19.4. The van der Waals surface area contributed by atoms with Crippen LogP contribution in [0.25, 0.3) is 0 Å². The lowest BCUT2D eigenvalue weighted by molar-refractivity contribution is -0.141. The SMILES string of the molecule is Cc1ccc(C)n1C(Cc1ccc(OCc2ccccc2F)cc1)C(=O)O. The summed E-state index contributed by atoms with van der Waals surface area (Å²) in [5.74, 6) is -0.546. The molecule has 2 aromatic carbocycles. The van der Waals surface area contributed by atoms with Crippen LogP contribution in [0.3, 0.4) is 0 Å². The highest BCUT2D eigenvalue weighted by Crippen LogP contribution is 2.23. The number of aliphatic carboxylic acids is 1. The zero-order valence-electron chi connectivity index (χ0n) is 15.4. The predicted molar refractivity (Wildman–Crippen MR) is 101 cm³/mol. The Kier molecular flexibility index (Phi) is 5.60. The molecule has 5 heteroatoms. The number of carboxylic acid groups (broad SMARTS) is 1. The summed E-state index contributed by atoms with van der Waals surface area (Å²) in [5.41, 5.74) is 3.23. The van der Waals surface area contributed by atoms with E-state index in [1.807, 2.05) is 42.7 Å². The van der Waals surface area contributed by atoms with E-state index in [1.165, 1.54) is 6.07 Å². The number of hydrogen-bond donors (Lipinski definition) is 1. The van der Waals surface area contributed by atoms with Gasteiger partial charge in [-0.2, -0.15) is 0 Å². The average molecular weight is 367 g/mol. The van der Waals surface area contributed by atoms with Crippen LogP contribution in [0, 0.1) is 19.7 Å². The molecule has 3 rings (SSSR count). The smallest absolute Gasteiger partial charge is 0.327 e. The van der Waals surface area contributed by atoms with Crippen molar-refractivity contribution in [3.05, 3.63) is 89.0 Å². The first-order valence-electron chi connectivity index (χ1n) is 8.78. The van der Waals surface area contributed by atoms with Crippen LogP contribution < -0.4 is 4.74 Å². The van der Waals surface area contributed by atoms with Gasteiger partial charge in [0.2, 0.25) is 0 Å². The number of carboxylic acids is 1. The molecule has 0 bridgehead atoms. The summed E-state index contributed by atoms with van der Waals surface area (Å²) in [6.45, 7) is 3.96. The van der Waals surface area contributed by atoms with Crippen molar-refractivity contribution in [2.45, 2.75) is 32.9 Å². The number of ether oxygens (including phenoxy) is 1. The zero-order valence-corrected chi connectivity index (χ0v) is 15.4. The minimum atomic E-state index is -0.864. The number of benzene rings is 2. The molecule has 0 spiro atoms. The quantitative estimate of drug-likeness (QED) is 0.659. The van der Waals surface area contributed by atoms with Crippen LogP contribution in [0.2, 0.25) is 0 Å². The summed E-state index contributed by atoms with van der Waals surface area (Å²) in [5, 5.41) is 9.67. The first kappa shape index (κ1) is 18.7. The van der Waals surface area contributed by atoms with Gasteiger partial charge in [0.15, 0.2) is 0 Å². The van der Waals surface area contributed by atoms with E-state index in [9.17, 15) is 14.3 Å². The number of nitrogens with zero attached hydrogens (tertiary/aromatic N) is 1. The molecule has 0 aliphatic carbocycles. The molecule has 3 aromatic rings. The van der Waals surface area contributed by atoms with Gasteiger partial charge in [0.05, 0.1) is 0 Å². The Morgan fingerprint density at radius 1 is 1.04 bits per heavy atom. The van der Waals surface area contributed by atoms with Crippen molar-refractivity contribution in [3.63, 3.8) is 0 Å². The molecule has 27 heavy (non-hydrogen) atoms. The van der Waals surface area contributed by atoms with E-state index in [2.05, 4.69) is 0 Å². The van der Waals surface area contributed by atoms with Gasteiger partial charge < -0.3 is 14.4 Å². The minimum absolute atomic E-state index is 0.144. The fraction of sp³-hybridized carbons (Fsp3) is 0.227. The molecule has 0 saturated heterocycles. The van der Waals surface area contributed by atoms with Gasteiger partial charge in [0.1, 0.15) is 24.2 Å². The number of aryl methyl sites for hydroxylation is 2. The molecule has 0 fully saturated rings. The Labute approximate surface area is 157 Å². The van der Waals surface area contributed by atoms with Crippen molar-refractivity contribution in [2.75, 3.05) is 0 Å². The van der Waals surface area contributed by atoms with Crippen LogP contribution in [-0.2, 0) is 17.8 Å². The maximum absolute atomic E-state index is 13.6. The fourth-order valence-corrected chi connectivity index (χ4v) is 3.18. The van der Waals surface area contributed by atoms with Crippen LogP contribution in [0.15, 0.2) is 60.7 Å². The summed E-state index contributed by atoms with van der Waals surface area (Å²) < 4.78 is 21.1. The van der Waals surface area contributed by atoms with Crippen molar-refractivity contribution in [2.24, 2.45) is 0 Å². The number of aromatic nitrogens is 1. The van der Waals surface area contributed by atoms with Gasteiger partial charge in [-0.25, -0.2) is 9.18 Å². The van der Waals surface area contributed by atoms with Crippen LogP contribution >= 0.6 is 0 Å². The Hall–Kier alpha value is -3.08. The van der Waals surface area contributed by atoms with Crippen LogP contribution in [0.1, 0.15) is 28.6 Å². The Bertz CT molecular complexity index is 911. The van der Waals surface area contributed by atoms with Crippen molar-refractivity contribution in [3.8, 4) is 5.75 Å².